The zero-order valence-electron chi connectivity index (χ0n) is 13.9. The van der Waals surface area contributed by atoms with Crippen LogP contribution in [0.15, 0.2) is 35.9 Å². The largest absolute Gasteiger partial charge is 0.346 e. The number of rotatable bonds is 9. The first-order valence-corrected chi connectivity index (χ1v) is 10.9. The second-order valence-corrected chi connectivity index (χ2v) is 9.72. The Hall–Kier alpha value is -0.980. The van der Waals surface area contributed by atoms with E-state index in [2.05, 4.69) is 19.1 Å². The van der Waals surface area contributed by atoms with Crippen LogP contribution in [0.25, 0.3) is 0 Å². The number of hydrogen-bond acceptors (Lipinski definition) is 3. The molecule has 24 heavy (non-hydrogen) atoms. The smallest absolute Gasteiger partial charge is 0.323 e. The van der Waals surface area contributed by atoms with E-state index < -0.39 is 22.7 Å². The summed E-state index contributed by atoms with van der Waals surface area (Å²) in [6, 6.07) is 8.14. The quantitative estimate of drug-likeness (QED) is 0.263. The first-order chi connectivity index (χ1) is 11.0. The lowest BCUT2D eigenvalue weighted by molar-refractivity contribution is 0.360. The molecular weight excluding hydrogens is 351 g/mol. The molecule has 1 aromatic carbocycles. The van der Waals surface area contributed by atoms with Crippen LogP contribution >= 0.6 is 7.60 Å². The number of hydrogen-bond donors (Lipinski definition) is 3. The monoisotopic (exact) mass is 376 g/mol. The van der Waals surface area contributed by atoms with Crippen molar-refractivity contribution in [3.8, 4) is 0 Å². The van der Waals surface area contributed by atoms with Gasteiger partial charge < -0.3 is 9.79 Å². The Morgan fingerprint density at radius 3 is 2.46 bits per heavy atom. The van der Waals surface area contributed by atoms with Crippen LogP contribution in [0.3, 0.4) is 0 Å². The highest BCUT2D eigenvalue weighted by atomic mass is 32.2. The zero-order chi connectivity index (χ0) is 18.4. The molecule has 136 valence electrons. The third kappa shape index (κ3) is 7.28. The zero-order valence-corrected chi connectivity index (χ0v) is 15.6. The van der Waals surface area contributed by atoms with Gasteiger partial charge in [0.25, 0.3) is 10.1 Å². The predicted octanol–water partition coefficient (Wildman–Crippen LogP) is 3.44. The molecule has 0 saturated carbocycles. The maximum Gasteiger partial charge on any atom is 0.346 e. The molecule has 1 atom stereocenters. The van der Waals surface area contributed by atoms with Gasteiger partial charge in [0.2, 0.25) is 0 Å². The molecule has 0 amide bonds. The second kappa shape index (κ2) is 8.92. The van der Waals surface area contributed by atoms with E-state index in [4.69, 9.17) is 14.3 Å². The van der Waals surface area contributed by atoms with Crippen molar-refractivity contribution in [2.45, 2.75) is 50.9 Å². The van der Waals surface area contributed by atoms with Crippen LogP contribution in [0.5, 0.6) is 0 Å². The van der Waals surface area contributed by atoms with Crippen LogP contribution in [-0.4, -0.2) is 27.7 Å². The number of unbranched alkanes of at least 4 members (excludes halogenated alkanes) is 1. The van der Waals surface area contributed by atoms with Gasteiger partial charge >= 0.3 is 7.60 Å². The summed E-state index contributed by atoms with van der Waals surface area (Å²) >= 11 is 0. The van der Waals surface area contributed by atoms with Gasteiger partial charge in [-0.1, -0.05) is 35.9 Å². The van der Waals surface area contributed by atoms with E-state index in [1.165, 1.54) is 11.1 Å². The Morgan fingerprint density at radius 1 is 1.29 bits per heavy atom. The Bertz CT molecular complexity index is 720. The molecule has 0 aromatic heterocycles. The number of aryl methyl sites for hydroxylation is 2. The fourth-order valence-electron chi connectivity index (χ4n) is 2.46. The van der Waals surface area contributed by atoms with E-state index >= 15 is 0 Å². The fraction of sp³-hybridized carbons (Fsp3) is 0.500. The summed E-state index contributed by atoms with van der Waals surface area (Å²) < 4.78 is 42.2. The van der Waals surface area contributed by atoms with Crippen molar-refractivity contribution < 1.29 is 27.3 Å². The minimum Gasteiger partial charge on any atom is -0.323 e. The summed E-state index contributed by atoms with van der Waals surface area (Å²) in [5, 5.41) is 0. The Morgan fingerprint density at radius 2 is 1.92 bits per heavy atom. The SMILES string of the molecule is C/C(=C\CCCC(P(=O)(O)O)S(=O)(=O)O)CCc1ccccc1C. The van der Waals surface area contributed by atoms with E-state index in [0.29, 0.717) is 6.42 Å². The highest BCUT2D eigenvalue weighted by Crippen LogP contribution is 2.46. The predicted molar refractivity (Wildman–Crippen MR) is 94.5 cm³/mol. The molecule has 0 aliphatic heterocycles. The molecule has 0 aliphatic rings. The van der Waals surface area contributed by atoms with Gasteiger partial charge in [-0.2, -0.15) is 8.42 Å². The molecule has 1 unspecified atom stereocenters. The maximum atomic E-state index is 11.1. The van der Waals surface area contributed by atoms with Crippen molar-refractivity contribution >= 4 is 17.7 Å². The highest BCUT2D eigenvalue weighted by Gasteiger charge is 2.38. The third-order valence-corrected chi connectivity index (χ3v) is 7.47. The molecule has 0 spiro atoms. The lowest BCUT2D eigenvalue weighted by Crippen LogP contribution is -2.20. The van der Waals surface area contributed by atoms with Gasteiger partial charge in [-0.25, -0.2) is 0 Å². The van der Waals surface area contributed by atoms with Crippen LogP contribution in [0.1, 0.15) is 43.7 Å². The molecule has 0 saturated heterocycles. The van der Waals surface area contributed by atoms with Crippen LogP contribution < -0.4 is 0 Å². The minimum absolute atomic E-state index is 0.273. The maximum absolute atomic E-state index is 11.1. The summed E-state index contributed by atoms with van der Waals surface area (Å²) in [5.74, 6) is 0. The molecule has 0 heterocycles. The topological polar surface area (TPSA) is 112 Å². The lowest BCUT2D eigenvalue weighted by atomic mass is 10.0. The van der Waals surface area contributed by atoms with Crippen LogP contribution in [0.4, 0.5) is 0 Å². The molecule has 8 heteroatoms. The van der Waals surface area contributed by atoms with Gasteiger partial charge in [0, 0.05) is 0 Å². The molecule has 6 nitrogen and oxygen atoms in total. The van der Waals surface area contributed by atoms with E-state index in [0.717, 1.165) is 18.4 Å². The Labute approximate surface area is 143 Å². The van der Waals surface area contributed by atoms with Crippen molar-refractivity contribution in [1.29, 1.82) is 0 Å². The van der Waals surface area contributed by atoms with Gasteiger partial charge in [-0.15, -0.1) is 0 Å². The van der Waals surface area contributed by atoms with Crippen molar-refractivity contribution in [1.82, 2.24) is 0 Å². The van der Waals surface area contributed by atoms with Crippen LogP contribution in [0, 0.1) is 6.92 Å². The van der Waals surface area contributed by atoms with Gasteiger partial charge in [-0.05, 0) is 57.1 Å². The first-order valence-electron chi connectivity index (χ1n) is 7.73. The average Bonchev–Trinajstić information content (AvgIpc) is 2.43. The van der Waals surface area contributed by atoms with Gasteiger partial charge in [0.05, 0.1) is 0 Å². The van der Waals surface area contributed by atoms with E-state index in [9.17, 15) is 13.0 Å². The standard InChI is InChI=1S/C16H25O6PS/c1-13(11-12-15-9-5-4-8-14(15)2)7-3-6-10-16(23(17,18)19)24(20,21)22/h4-5,7-9,16H,3,6,10-12H2,1-2H3,(H2,17,18,19)(H,20,21,22)/b13-7+. The summed E-state index contributed by atoms with van der Waals surface area (Å²) in [4.78, 5) is 16.0. The lowest BCUT2D eigenvalue weighted by Gasteiger charge is -2.14. The average molecular weight is 376 g/mol. The first kappa shape index (κ1) is 21.1. The molecule has 1 rings (SSSR count). The summed E-state index contributed by atoms with van der Waals surface area (Å²) in [5.41, 5.74) is 3.65. The van der Waals surface area contributed by atoms with Crippen LogP contribution in [-0.2, 0) is 21.1 Å². The van der Waals surface area contributed by atoms with E-state index in [-0.39, 0.29) is 12.8 Å². The van der Waals surface area contributed by atoms with Gasteiger partial charge in [-0.3, -0.25) is 9.12 Å². The summed E-state index contributed by atoms with van der Waals surface area (Å²) in [6.07, 6.45) is 4.22. The molecule has 3 N–H and O–H groups in total. The minimum atomic E-state index is -4.88. The van der Waals surface area contributed by atoms with Gasteiger partial charge in [0.1, 0.15) is 0 Å². The molecule has 0 radical (unpaired) electrons. The Kier molecular flexibility index (Phi) is 7.83. The second-order valence-electron chi connectivity index (χ2n) is 5.97. The van der Waals surface area contributed by atoms with E-state index in [1.54, 1.807) is 0 Å². The normalized spacial score (nSPS) is 14.6. The number of allylic oxidation sites excluding steroid dienone is 2. The van der Waals surface area contributed by atoms with Crippen LogP contribution in [0.2, 0.25) is 0 Å². The molecule has 1 aromatic rings. The molecule has 0 aliphatic carbocycles. The van der Waals surface area contributed by atoms with Crippen molar-refractivity contribution in [3.05, 3.63) is 47.0 Å². The van der Waals surface area contributed by atoms with Crippen molar-refractivity contribution in [2.24, 2.45) is 0 Å². The third-order valence-electron chi connectivity index (χ3n) is 3.92. The molecular formula is C16H25O6PS. The number of benzene rings is 1. The van der Waals surface area contributed by atoms with Gasteiger partial charge in [0.15, 0.2) is 4.99 Å². The van der Waals surface area contributed by atoms with Crippen molar-refractivity contribution in [3.63, 3.8) is 0 Å². The highest BCUT2D eigenvalue weighted by molar-refractivity contribution is 7.93. The molecule has 0 bridgehead atoms. The Balaban J connectivity index is 2.49. The van der Waals surface area contributed by atoms with E-state index in [1.807, 2.05) is 25.1 Å². The van der Waals surface area contributed by atoms with Crippen molar-refractivity contribution in [2.75, 3.05) is 0 Å². The molecule has 0 fully saturated rings. The fourth-order valence-corrected chi connectivity index (χ4v) is 4.83. The summed E-state index contributed by atoms with van der Waals surface area (Å²) in [6.45, 7) is 4.04. The summed E-state index contributed by atoms with van der Waals surface area (Å²) in [7, 11) is -9.64.